The normalized spacial score (nSPS) is 11.3. The zero-order valence-electron chi connectivity index (χ0n) is 11.6. The minimum absolute atomic E-state index is 0.0430. The van der Waals surface area contributed by atoms with Crippen molar-refractivity contribution in [3.63, 3.8) is 0 Å². The molecule has 0 unspecified atom stereocenters. The largest absolute Gasteiger partial charge is 0.477 e. The van der Waals surface area contributed by atoms with E-state index in [9.17, 15) is 13.2 Å². The summed E-state index contributed by atoms with van der Waals surface area (Å²) in [6.45, 7) is 1.95. The van der Waals surface area contributed by atoms with Crippen molar-refractivity contribution in [2.75, 3.05) is 11.9 Å². The summed E-state index contributed by atoms with van der Waals surface area (Å²) in [4.78, 5) is 7.52. The zero-order valence-corrected chi connectivity index (χ0v) is 13.2. The number of nitrogens with one attached hydrogen (secondary N) is 1. The highest BCUT2D eigenvalue weighted by atomic mass is 79.9. The molecule has 0 amide bonds. The van der Waals surface area contributed by atoms with Crippen molar-refractivity contribution in [1.29, 1.82) is 0 Å². The van der Waals surface area contributed by atoms with Crippen LogP contribution in [0.5, 0.6) is 5.88 Å². The Morgan fingerprint density at radius 3 is 2.50 bits per heavy atom. The Morgan fingerprint density at radius 2 is 1.91 bits per heavy atom. The molecule has 2 aromatic rings. The summed E-state index contributed by atoms with van der Waals surface area (Å²) in [5.74, 6) is -0.426. The molecule has 8 heteroatoms. The van der Waals surface area contributed by atoms with Gasteiger partial charge < -0.3 is 10.1 Å². The van der Waals surface area contributed by atoms with Gasteiger partial charge in [0, 0.05) is 16.4 Å². The van der Waals surface area contributed by atoms with Crippen LogP contribution in [0.1, 0.15) is 18.9 Å². The Hall–Kier alpha value is -1.83. The van der Waals surface area contributed by atoms with E-state index in [0.29, 0.717) is 12.1 Å². The molecule has 118 valence electrons. The summed E-state index contributed by atoms with van der Waals surface area (Å²) in [5, 5.41) is 2.84. The lowest BCUT2D eigenvalue weighted by Gasteiger charge is -2.13. The fourth-order valence-corrected chi connectivity index (χ4v) is 1.86. The molecule has 22 heavy (non-hydrogen) atoms. The second kappa shape index (κ2) is 6.95. The minimum Gasteiger partial charge on any atom is -0.477 e. The highest BCUT2D eigenvalue weighted by molar-refractivity contribution is 9.10. The van der Waals surface area contributed by atoms with Crippen LogP contribution < -0.4 is 10.1 Å². The van der Waals surface area contributed by atoms with Crippen molar-refractivity contribution in [2.24, 2.45) is 0 Å². The van der Waals surface area contributed by atoms with E-state index < -0.39 is 17.6 Å². The van der Waals surface area contributed by atoms with Crippen LogP contribution in [0.4, 0.5) is 24.8 Å². The third kappa shape index (κ3) is 4.33. The molecule has 0 radical (unpaired) electrons. The molecule has 1 aromatic heterocycles. The maximum absolute atomic E-state index is 12.9. The lowest BCUT2D eigenvalue weighted by atomic mass is 10.3. The maximum atomic E-state index is 12.9. The molecule has 0 aliphatic rings. The van der Waals surface area contributed by atoms with E-state index >= 15 is 0 Å². The van der Waals surface area contributed by atoms with Gasteiger partial charge in [-0.25, -0.2) is 4.98 Å². The number of rotatable bonds is 5. The number of hydrogen-bond acceptors (Lipinski definition) is 4. The summed E-state index contributed by atoms with van der Waals surface area (Å²) in [7, 11) is 0. The Balaban J connectivity index is 2.27. The topological polar surface area (TPSA) is 47.0 Å². The number of ether oxygens (including phenoxy) is 1. The first-order chi connectivity index (χ1) is 10.4. The third-order valence-corrected chi connectivity index (χ3v) is 3.13. The number of hydrogen-bond donors (Lipinski definition) is 1. The fourth-order valence-electron chi connectivity index (χ4n) is 1.59. The van der Waals surface area contributed by atoms with E-state index in [1.165, 1.54) is 0 Å². The Kier molecular flexibility index (Phi) is 5.23. The number of alkyl halides is 3. The minimum atomic E-state index is -4.56. The molecule has 0 spiro atoms. The summed E-state index contributed by atoms with van der Waals surface area (Å²) < 4.78 is 44.7. The van der Waals surface area contributed by atoms with Crippen LogP contribution in [0, 0.1) is 0 Å². The van der Waals surface area contributed by atoms with Crippen molar-refractivity contribution in [3.05, 3.63) is 40.5 Å². The van der Waals surface area contributed by atoms with E-state index in [1.54, 1.807) is 31.2 Å². The second-order valence-corrected chi connectivity index (χ2v) is 5.31. The van der Waals surface area contributed by atoms with Gasteiger partial charge in [-0.05, 0) is 30.7 Å². The molecule has 2 rings (SSSR count). The van der Waals surface area contributed by atoms with E-state index in [2.05, 4.69) is 31.2 Å². The van der Waals surface area contributed by atoms with Gasteiger partial charge in [0.15, 0.2) is 0 Å². The van der Waals surface area contributed by atoms with E-state index in [-0.39, 0.29) is 12.6 Å². The molecular weight excluding hydrogens is 363 g/mol. The quantitative estimate of drug-likeness (QED) is 0.815. The highest BCUT2D eigenvalue weighted by Gasteiger charge is 2.36. The number of aromatic nitrogens is 2. The summed E-state index contributed by atoms with van der Waals surface area (Å²) in [5.41, 5.74) is -0.327. The molecule has 1 heterocycles. The van der Waals surface area contributed by atoms with Gasteiger partial charge >= 0.3 is 6.18 Å². The van der Waals surface area contributed by atoms with Crippen molar-refractivity contribution in [2.45, 2.75) is 19.5 Å². The lowest BCUT2D eigenvalue weighted by Crippen LogP contribution is -2.12. The van der Waals surface area contributed by atoms with Crippen molar-refractivity contribution in [3.8, 4) is 5.88 Å². The molecule has 0 aliphatic carbocycles. The number of halogens is 4. The molecule has 4 nitrogen and oxygen atoms in total. The molecule has 1 N–H and O–H groups in total. The predicted octanol–water partition coefficient (Wildman–Crippen LogP) is 4.79. The number of anilines is 2. The molecule has 0 atom stereocenters. The first-order valence-electron chi connectivity index (χ1n) is 6.49. The zero-order chi connectivity index (χ0) is 16.2. The predicted molar refractivity (Wildman–Crippen MR) is 80.2 cm³/mol. The molecule has 0 aliphatic heterocycles. The van der Waals surface area contributed by atoms with Gasteiger partial charge in [0.1, 0.15) is 5.56 Å². The molecular formula is C14H13BrF3N3O. The average Bonchev–Trinajstić information content (AvgIpc) is 2.46. The van der Waals surface area contributed by atoms with Crippen molar-refractivity contribution >= 4 is 27.6 Å². The first kappa shape index (κ1) is 16.5. The van der Waals surface area contributed by atoms with Crippen LogP contribution in [-0.2, 0) is 6.18 Å². The van der Waals surface area contributed by atoms with Crippen molar-refractivity contribution < 1.29 is 17.9 Å². The Labute approximate surface area is 133 Å². The Bertz CT molecular complexity index is 632. The molecule has 0 saturated heterocycles. The standard InChI is InChI=1S/C14H13BrF3N3O/c1-2-7-22-12-11(14(16,17)18)8-19-13(21-12)20-10-5-3-9(15)4-6-10/h3-6,8H,2,7H2,1H3,(H,19,20,21). The van der Waals surface area contributed by atoms with Crippen molar-refractivity contribution in [1.82, 2.24) is 9.97 Å². The van der Waals surface area contributed by atoms with Gasteiger partial charge in [-0.1, -0.05) is 22.9 Å². The van der Waals surface area contributed by atoms with Crippen LogP contribution in [0.25, 0.3) is 0 Å². The number of nitrogens with zero attached hydrogens (tertiary/aromatic N) is 2. The van der Waals surface area contributed by atoms with E-state index in [0.717, 1.165) is 10.7 Å². The SMILES string of the molecule is CCCOc1nc(Nc2ccc(Br)cc2)ncc1C(F)(F)F. The van der Waals surface area contributed by atoms with Crippen LogP contribution in [0.3, 0.4) is 0 Å². The second-order valence-electron chi connectivity index (χ2n) is 4.39. The maximum Gasteiger partial charge on any atom is 0.423 e. The molecule has 0 bridgehead atoms. The van der Waals surface area contributed by atoms with E-state index in [1.807, 2.05) is 0 Å². The van der Waals surface area contributed by atoms with Gasteiger partial charge in [0.25, 0.3) is 0 Å². The summed E-state index contributed by atoms with van der Waals surface area (Å²) in [6, 6.07) is 7.08. The summed E-state index contributed by atoms with van der Waals surface area (Å²) in [6.07, 6.45) is -3.25. The Morgan fingerprint density at radius 1 is 1.23 bits per heavy atom. The number of benzene rings is 1. The van der Waals surface area contributed by atoms with Gasteiger partial charge in [-0.15, -0.1) is 0 Å². The van der Waals surface area contributed by atoms with Gasteiger partial charge in [0.05, 0.1) is 6.61 Å². The van der Waals surface area contributed by atoms with Gasteiger partial charge in [-0.2, -0.15) is 18.2 Å². The van der Waals surface area contributed by atoms with E-state index in [4.69, 9.17) is 4.74 Å². The first-order valence-corrected chi connectivity index (χ1v) is 7.29. The molecule has 1 aromatic carbocycles. The monoisotopic (exact) mass is 375 g/mol. The third-order valence-electron chi connectivity index (χ3n) is 2.60. The van der Waals surface area contributed by atoms with Crippen LogP contribution in [0.15, 0.2) is 34.9 Å². The van der Waals surface area contributed by atoms with Crippen LogP contribution in [0.2, 0.25) is 0 Å². The summed E-state index contributed by atoms with van der Waals surface area (Å²) >= 11 is 3.30. The average molecular weight is 376 g/mol. The lowest BCUT2D eigenvalue weighted by molar-refractivity contribution is -0.139. The van der Waals surface area contributed by atoms with Gasteiger partial charge in [-0.3, -0.25) is 0 Å². The molecule has 0 saturated carbocycles. The van der Waals surface area contributed by atoms with Crippen LogP contribution >= 0.6 is 15.9 Å². The fraction of sp³-hybridized carbons (Fsp3) is 0.286. The van der Waals surface area contributed by atoms with Gasteiger partial charge in [0.2, 0.25) is 11.8 Å². The van der Waals surface area contributed by atoms with Crippen LogP contribution in [-0.4, -0.2) is 16.6 Å². The highest BCUT2D eigenvalue weighted by Crippen LogP contribution is 2.35. The smallest absolute Gasteiger partial charge is 0.423 e. The molecule has 0 fully saturated rings.